The number of nitro groups is 1. The van der Waals surface area contributed by atoms with E-state index in [-0.39, 0.29) is 10.6 Å². The highest BCUT2D eigenvalue weighted by Gasteiger charge is 2.26. The zero-order chi connectivity index (χ0) is 23.8. The first-order chi connectivity index (χ1) is 17.2. The van der Waals surface area contributed by atoms with Gasteiger partial charge in [-0.1, -0.05) is 24.3 Å². The molecule has 10 nitrogen and oxygen atoms in total. The van der Waals surface area contributed by atoms with E-state index < -0.39 is 0 Å². The summed E-state index contributed by atoms with van der Waals surface area (Å²) in [6, 6.07) is 16.4. The summed E-state index contributed by atoms with van der Waals surface area (Å²) in [5.74, 6) is 1.11. The molecule has 35 heavy (non-hydrogen) atoms. The van der Waals surface area contributed by atoms with Crippen molar-refractivity contribution in [2.45, 2.75) is 13.0 Å². The average molecular weight is 470 g/mol. The number of furan rings is 1. The molecule has 6 rings (SSSR count). The molecule has 0 N–H and O–H groups in total. The van der Waals surface area contributed by atoms with Crippen molar-refractivity contribution in [3.05, 3.63) is 82.8 Å². The zero-order valence-electron chi connectivity index (χ0n) is 18.9. The van der Waals surface area contributed by atoms with Crippen molar-refractivity contribution in [2.24, 2.45) is 0 Å². The summed E-state index contributed by atoms with van der Waals surface area (Å²) in [4.78, 5) is 21.0. The molecule has 3 aromatic heterocycles. The van der Waals surface area contributed by atoms with Gasteiger partial charge >= 0.3 is 0 Å². The highest BCUT2D eigenvalue weighted by molar-refractivity contribution is 5.93. The van der Waals surface area contributed by atoms with Gasteiger partial charge in [0.15, 0.2) is 11.5 Å². The number of benzene rings is 2. The van der Waals surface area contributed by atoms with Crippen LogP contribution in [0.2, 0.25) is 0 Å². The molecule has 0 saturated carbocycles. The summed E-state index contributed by atoms with van der Waals surface area (Å²) in [6.45, 7) is 4.20. The van der Waals surface area contributed by atoms with Crippen LogP contribution in [0.3, 0.4) is 0 Å². The third-order valence-corrected chi connectivity index (χ3v) is 6.43. The van der Waals surface area contributed by atoms with Gasteiger partial charge < -0.3 is 9.32 Å². The second kappa shape index (κ2) is 8.80. The van der Waals surface area contributed by atoms with E-state index in [1.807, 2.05) is 34.7 Å². The Labute approximate surface area is 200 Å². The van der Waals surface area contributed by atoms with Crippen molar-refractivity contribution >= 4 is 28.2 Å². The standard InChI is InChI=1S/C25H23N7O3/c33-32(34)22-9-4-2-7-20(22)24-28-27-23-19-6-1-3-8-21(19)26-25(31(23)24)30-12-5-11-29(13-14-30)16-18-10-15-35-17-18/h1-4,6-10,15,17H,5,11-14,16H2. The second-order valence-corrected chi connectivity index (χ2v) is 8.63. The van der Waals surface area contributed by atoms with Crippen LogP contribution >= 0.6 is 0 Å². The molecule has 1 fully saturated rings. The highest BCUT2D eigenvalue weighted by Crippen LogP contribution is 2.33. The maximum atomic E-state index is 11.8. The van der Waals surface area contributed by atoms with E-state index in [9.17, 15) is 10.1 Å². The maximum Gasteiger partial charge on any atom is 0.280 e. The Morgan fingerprint density at radius 1 is 0.971 bits per heavy atom. The molecule has 0 amide bonds. The number of fused-ring (bicyclic) bond motifs is 3. The number of nitro benzene ring substituents is 1. The molecule has 176 valence electrons. The lowest BCUT2D eigenvalue weighted by Gasteiger charge is -2.24. The molecule has 10 heteroatoms. The lowest BCUT2D eigenvalue weighted by Crippen LogP contribution is -2.32. The van der Waals surface area contributed by atoms with Crippen LogP contribution in [0.1, 0.15) is 12.0 Å². The molecular formula is C25H23N7O3. The van der Waals surface area contributed by atoms with Crippen molar-refractivity contribution in [1.29, 1.82) is 0 Å². The van der Waals surface area contributed by atoms with Gasteiger partial charge in [-0.2, -0.15) is 0 Å². The first-order valence-electron chi connectivity index (χ1n) is 11.5. The molecule has 1 saturated heterocycles. The molecule has 0 radical (unpaired) electrons. The van der Waals surface area contributed by atoms with E-state index in [2.05, 4.69) is 20.0 Å². The fourth-order valence-electron chi connectivity index (χ4n) is 4.74. The Kier molecular flexibility index (Phi) is 5.34. The Morgan fingerprint density at radius 2 is 1.83 bits per heavy atom. The Bertz CT molecular complexity index is 1510. The number of aromatic nitrogens is 4. The van der Waals surface area contributed by atoms with Crippen LogP contribution in [0, 0.1) is 10.1 Å². The monoisotopic (exact) mass is 469 g/mol. The number of hydrogen-bond acceptors (Lipinski definition) is 8. The summed E-state index contributed by atoms with van der Waals surface area (Å²) < 4.78 is 7.10. The molecule has 2 aromatic carbocycles. The van der Waals surface area contributed by atoms with Gasteiger partial charge in [0.05, 0.1) is 28.5 Å². The molecule has 1 aliphatic rings. The van der Waals surface area contributed by atoms with Crippen molar-refractivity contribution in [1.82, 2.24) is 24.5 Å². The molecule has 0 unspecified atom stereocenters. The third kappa shape index (κ3) is 3.87. The molecule has 4 heterocycles. The van der Waals surface area contributed by atoms with Gasteiger partial charge in [0.2, 0.25) is 5.95 Å². The maximum absolute atomic E-state index is 11.8. The van der Waals surface area contributed by atoms with Crippen LogP contribution in [0.4, 0.5) is 11.6 Å². The summed E-state index contributed by atoms with van der Waals surface area (Å²) in [5.41, 5.74) is 3.01. The number of nitrogens with zero attached hydrogens (tertiary/aromatic N) is 7. The van der Waals surface area contributed by atoms with Gasteiger partial charge in [-0.25, -0.2) is 9.38 Å². The van der Waals surface area contributed by atoms with Crippen LogP contribution < -0.4 is 4.90 Å². The predicted molar refractivity (Wildman–Crippen MR) is 131 cm³/mol. The SMILES string of the molecule is O=[N+]([O-])c1ccccc1-c1nnc2c3ccccc3nc(N3CCCN(Cc4ccoc4)CC3)n12. The summed E-state index contributed by atoms with van der Waals surface area (Å²) in [7, 11) is 0. The molecule has 5 aromatic rings. The lowest BCUT2D eigenvalue weighted by molar-refractivity contribution is -0.384. The fraction of sp³-hybridized carbons (Fsp3) is 0.240. The second-order valence-electron chi connectivity index (χ2n) is 8.63. The lowest BCUT2D eigenvalue weighted by atomic mass is 10.1. The topological polar surface area (TPSA) is 106 Å². The minimum atomic E-state index is -0.385. The Balaban J connectivity index is 1.46. The molecule has 0 bridgehead atoms. The van der Waals surface area contributed by atoms with E-state index in [0.29, 0.717) is 23.0 Å². The summed E-state index contributed by atoms with van der Waals surface area (Å²) >= 11 is 0. The fourth-order valence-corrected chi connectivity index (χ4v) is 4.74. The van der Waals surface area contributed by atoms with Crippen molar-refractivity contribution in [3.8, 4) is 11.4 Å². The smallest absolute Gasteiger partial charge is 0.280 e. The molecule has 0 aliphatic carbocycles. The van der Waals surface area contributed by atoms with E-state index in [1.54, 1.807) is 30.7 Å². The van der Waals surface area contributed by atoms with Crippen LogP contribution in [-0.4, -0.2) is 55.6 Å². The van der Waals surface area contributed by atoms with Gasteiger partial charge in [0.25, 0.3) is 5.69 Å². The summed E-state index contributed by atoms with van der Waals surface area (Å²) in [5, 5.41) is 21.5. The molecular weight excluding hydrogens is 446 g/mol. The largest absolute Gasteiger partial charge is 0.472 e. The number of hydrogen-bond donors (Lipinski definition) is 0. The Morgan fingerprint density at radius 3 is 2.69 bits per heavy atom. The number of rotatable bonds is 5. The van der Waals surface area contributed by atoms with Gasteiger partial charge in [-0.15, -0.1) is 10.2 Å². The van der Waals surface area contributed by atoms with E-state index >= 15 is 0 Å². The average Bonchev–Trinajstić information content (AvgIpc) is 3.50. The van der Waals surface area contributed by atoms with E-state index in [1.165, 1.54) is 6.07 Å². The quantitative estimate of drug-likeness (QED) is 0.279. The molecule has 0 spiro atoms. The Hall–Kier alpha value is -4.31. The third-order valence-electron chi connectivity index (χ3n) is 6.43. The summed E-state index contributed by atoms with van der Waals surface area (Å²) in [6.07, 6.45) is 4.44. The zero-order valence-corrected chi connectivity index (χ0v) is 18.9. The molecule has 0 atom stereocenters. The van der Waals surface area contributed by atoms with Crippen LogP contribution in [0.25, 0.3) is 27.9 Å². The van der Waals surface area contributed by atoms with E-state index in [0.717, 1.165) is 55.6 Å². The first-order valence-corrected chi connectivity index (χ1v) is 11.5. The number of anilines is 1. The minimum Gasteiger partial charge on any atom is -0.472 e. The van der Waals surface area contributed by atoms with Crippen LogP contribution in [0.15, 0.2) is 71.5 Å². The van der Waals surface area contributed by atoms with Gasteiger partial charge in [-0.3, -0.25) is 15.0 Å². The first kappa shape index (κ1) is 21.2. The van der Waals surface area contributed by atoms with Crippen molar-refractivity contribution in [3.63, 3.8) is 0 Å². The van der Waals surface area contributed by atoms with Crippen molar-refractivity contribution < 1.29 is 9.34 Å². The van der Waals surface area contributed by atoms with Gasteiger partial charge in [0, 0.05) is 49.7 Å². The van der Waals surface area contributed by atoms with Crippen molar-refractivity contribution in [2.75, 3.05) is 31.1 Å². The van der Waals surface area contributed by atoms with Crippen LogP contribution in [0.5, 0.6) is 0 Å². The van der Waals surface area contributed by atoms with E-state index in [4.69, 9.17) is 9.40 Å². The highest BCUT2D eigenvalue weighted by atomic mass is 16.6. The predicted octanol–water partition coefficient (Wildman–Crippen LogP) is 4.16. The van der Waals surface area contributed by atoms with Crippen LogP contribution in [-0.2, 0) is 6.54 Å². The normalized spacial score (nSPS) is 15.0. The van der Waals surface area contributed by atoms with Gasteiger partial charge in [-0.05, 0) is 30.7 Å². The molecule has 1 aliphatic heterocycles. The van der Waals surface area contributed by atoms with Gasteiger partial charge in [0.1, 0.15) is 0 Å². The minimum absolute atomic E-state index is 0.0111. The number of para-hydroxylation sites is 2.